The summed E-state index contributed by atoms with van der Waals surface area (Å²) < 4.78 is 76.9. The second-order valence-electron chi connectivity index (χ2n) is 4.74. The van der Waals surface area contributed by atoms with Gasteiger partial charge in [0.25, 0.3) is 0 Å². The highest BCUT2D eigenvalue weighted by Crippen LogP contribution is 2.46. The van der Waals surface area contributed by atoms with Crippen LogP contribution in [-0.4, -0.2) is 33.7 Å². The maximum atomic E-state index is 12.7. The van der Waals surface area contributed by atoms with E-state index in [1.165, 1.54) is 0 Å². The van der Waals surface area contributed by atoms with Crippen LogP contribution in [0.3, 0.4) is 0 Å². The Hall–Kier alpha value is -1.32. The van der Waals surface area contributed by atoms with Crippen LogP contribution in [0.15, 0.2) is 0 Å². The highest BCUT2D eigenvalue weighted by atomic mass is 19.4. The molecule has 1 aromatic heterocycles. The van der Waals surface area contributed by atoms with E-state index in [1.54, 1.807) is 0 Å². The van der Waals surface area contributed by atoms with Crippen LogP contribution in [0.25, 0.3) is 0 Å². The third-order valence-electron chi connectivity index (χ3n) is 3.33. The van der Waals surface area contributed by atoms with Gasteiger partial charge in [-0.25, -0.2) is 0 Å². The van der Waals surface area contributed by atoms with Crippen molar-refractivity contribution in [2.75, 3.05) is 6.54 Å². The van der Waals surface area contributed by atoms with E-state index in [4.69, 9.17) is 5.73 Å². The minimum absolute atomic E-state index is 0.00905. The van der Waals surface area contributed by atoms with Gasteiger partial charge in [0.05, 0.1) is 0 Å². The predicted octanol–water partition coefficient (Wildman–Crippen LogP) is 2.01. The first kappa shape index (κ1) is 15.1. The Morgan fingerprint density at radius 2 is 1.75 bits per heavy atom. The summed E-state index contributed by atoms with van der Waals surface area (Å²) in [6.45, 7) is 0.326. The summed E-state index contributed by atoms with van der Waals surface area (Å²) >= 11 is 0. The fraction of sp³-hybridized carbons (Fsp3) is 0.800. The van der Waals surface area contributed by atoms with E-state index in [0.29, 0.717) is 13.0 Å². The molecular formula is C10H12F6N4. The summed E-state index contributed by atoms with van der Waals surface area (Å²) in [5.74, 6) is -4.56. The topological polar surface area (TPSA) is 56.7 Å². The third kappa shape index (κ3) is 2.74. The zero-order valence-electron chi connectivity index (χ0n) is 10.2. The quantitative estimate of drug-likeness (QED) is 0.850. The molecule has 0 bridgehead atoms. The van der Waals surface area contributed by atoms with Gasteiger partial charge in [0.15, 0.2) is 5.82 Å². The highest BCUT2D eigenvalue weighted by molar-refractivity contribution is 5.10. The van der Waals surface area contributed by atoms with E-state index < -0.39 is 24.1 Å². The minimum Gasteiger partial charge on any atom is -0.330 e. The molecule has 1 unspecified atom stereocenters. The van der Waals surface area contributed by atoms with E-state index in [1.807, 2.05) is 0 Å². The average Bonchev–Trinajstić information content (AvgIpc) is 2.68. The summed E-state index contributed by atoms with van der Waals surface area (Å²) in [4.78, 5) is 0. The summed E-state index contributed by atoms with van der Waals surface area (Å²) in [6.07, 6.45) is -10.2. The number of nitrogens with two attached hydrogens (primary N) is 1. The molecule has 2 N–H and O–H groups in total. The van der Waals surface area contributed by atoms with Gasteiger partial charge in [-0.2, -0.15) is 26.3 Å². The Labute approximate surface area is 110 Å². The van der Waals surface area contributed by atoms with Gasteiger partial charge in [0.1, 0.15) is 5.82 Å². The normalized spacial score (nSPS) is 20.3. The lowest BCUT2D eigenvalue weighted by atomic mass is 9.97. The van der Waals surface area contributed by atoms with Crippen molar-refractivity contribution in [3.8, 4) is 0 Å². The molecule has 0 radical (unpaired) electrons. The molecule has 0 saturated heterocycles. The fourth-order valence-electron chi connectivity index (χ4n) is 2.31. The van der Waals surface area contributed by atoms with Crippen LogP contribution in [0.5, 0.6) is 0 Å². The van der Waals surface area contributed by atoms with Gasteiger partial charge in [-0.3, -0.25) is 0 Å². The molecule has 0 amide bonds. The molecule has 0 fully saturated rings. The Balaban J connectivity index is 2.40. The molecule has 0 saturated carbocycles. The first-order valence-electron chi connectivity index (χ1n) is 5.90. The van der Waals surface area contributed by atoms with Gasteiger partial charge in [-0.05, 0) is 18.9 Å². The number of hydrogen-bond donors (Lipinski definition) is 1. The lowest BCUT2D eigenvalue weighted by molar-refractivity contribution is -0.256. The average molecular weight is 302 g/mol. The number of halogens is 6. The van der Waals surface area contributed by atoms with Crippen molar-refractivity contribution in [2.24, 2.45) is 11.7 Å². The van der Waals surface area contributed by atoms with Gasteiger partial charge in [-0.15, -0.1) is 10.2 Å². The van der Waals surface area contributed by atoms with Gasteiger partial charge in [0.2, 0.25) is 5.92 Å². The predicted molar refractivity (Wildman–Crippen MR) is 55.7 cm³/mol. The molecule has 114 valence electrons. The fourth-order valence-corrected chi connectivity index (χ4v) is 2.31. The molecule has 0 spiro atoms. The van der Waals surface area contributed by atoms with E-state index in [0.717, 1.165) is 4.57 Å². The third-order valence-corrected chi connectivity index (χ3v) is 3.33. The zero-order chi connectivity index (χ0) is 15.1. The van der Waals surface area contributed by atoms with E-state index >= 15 is 0 Å². The van der Waals surface area contributed by atoms with Crippen LogP contribution in [0.1, 0.15) is 24.0 Å². The number of hydrogen-bond acceptors (Lipinski definition) is 3. The zero-order valence-corrected chi connectivity index (χ0v) is 10.2. The van der Waals surface area contributed by atoms with Gasteiger partial charge in [-0.1, -0.05) is 0 Å². The van der Waals surface area contributed by atoms with Crippen molar-refractivity contribution < 1.29 is 26.3 Å². The Morgan fingerprint density at radius 1 is 1.15 bits per heavy atom. The van der Waals surface area contributed by atoms with Crippen molar-refractivity contribution in [3.63, 3.8) is 0 Å². The number of fused-ring (bicyclic) bond motifs is 1. The molecular weight excluding hydrogens is 290 g/mol. The van der Waals surface area contributed by atoms with Crippen LogP contribution in [0.4, 0.5) is 26.3 Å². The molecule has 2 heterocycles. The standard InChI is InChI=1S/C10H12F6N4/c11-9(12,13)7(10(14,15)16)8-19-18-6-3-5(4-17)1-2-20(6)8/h5,7H,1-4,17H2. The minimum atomic E-state index is -5.45. The van der Waals surface area contributed by atoms with Crippen LogP contribution in [-0.2, 0) is 13.0 Å². The molecule has 4 nitrogen and oxygen atoms in total. The molecule has 1 atom stereocenters. The van der Waals surface area contributed by atoms with Crippen LogP contribution in [0.2, 0.25) is 0 Å². The molecule has 10 heteroatoms. The van der Waals surface area contributed by atoms with Crippen LogP contribution >= 0.6 is 0 Å². The SMILES string of the molecule is NCC1CCn2c(nnc2C(C(F)(F)F)C(F)(F)F)C1. The number of alkyl halides is 6. The number of nitrogens with zero attached hydrogens (tertiary/aromatic N) is 3. The largest absolute Gasteiger partial charge is 0.407 e. The first-order chi connectivity index (χ1) is 9.14. The molecule has 0 aromatic carbocycles. The summed E-state index contributed by atoms with van der Waals surface area (Å²) in [5.41, 5.74) is 5.45. The molecule has 1 aliphatic rings. The molecule has 1 aromatic rings. The Morgan fingerprint density at radius 3 is 2.25 bits per heavy atom. The smallest absolute Gasteiger partial charge is 0.330 e. The summed E-state index contributed by atoms with van der Waals surface area (Å²) in [6, 6.07) is 0. The van der Waals surface area contributed by atoms with Crippen molar-refractivity contribution in [1.29, 1.82) is 0 Å². The highest BCUT2D eigenvalue weighted by Gasteiger charge is 2.60. The Kier molecular flexibility index (Phi) is 3.69. The van der Waals surface area contributed by atoms with E-state index in [-0.39, 0.29) is 24.7 Å². The lowest BCUT2D eigenvalue weighted by Crippen LogP contribution is -2.37. The maximum absolute atomic E-state index is 12.7. The maximum Gasteiger partial charge on any atom is 0.407 e. The lowest BCUT2D eigenvalue weighted by Gasteiger charge is -2.26. The van der Waals surface area contributed by atoms with Crippen LogP contribution in [0, 0.1) is 5.92 Å². The summed E-state index contributed by atoms with van der Waals surface area (Å²) in [7, 11) is 0. The van der Waals surface area contributed by atoms with Gasteiger partial charge >= 0.3 is 12.4 Å². The van der Waals surface area contributed by atoms with Gasteiger partial charge in [0, 0.05) is 13.0 Å². The second kappa shape index (κ2) is 4.90. The summed E-state index contributed by atoms with van der Waals surface area (Å²) in [5, 5.41) is 6.59. The molecule has 1 aliphatic heterocycles. The van der Waals surface area contributed by atoms with E-state index in [9.17, 15) is 26.3 Å². The number of rotatable bonds is 2. The van der Waals surface area contributed by atoms with Crippen molar-refractivity contribution in [3.05, 3.63) is 11.6 Å². The molecule has 20 heavy (non-hydrogen) atoms. The first-order valence-corrected chi connectivity index (χ1v) is 5.90. The van der Waals surface area contributed by atoms with E-state index in [2.05, 4.69) is 10.2 Å². The van der Waals surface area contributed by atoms with Gasteiger partial charge < -0.3 is 10.3 Å². The molecule has 0 aliphatic carbocycles. The van der Waals surface area contributed by atoms with Crippen molar-refractivity contribution in [2.45, 2.75) is 37.7 Å². The second-order valence-corrected chi connectivity index (χ2v) is 4.74. The van der Waals surface area contributed by atoms with Crippen molar-refractivity contribution >= 4 is 0 Å². The van der Waals surface area contributed by atoms with Crippen LogP contribution < -0.4 is 5.73 Å². The monoisotopic (exact) mass is 302 g/mol. The molecule has 2 rings (SSSR count). The number of aromatic nitrogens is 3. The van der Waals surface area contributed by atoms with Crippen molar-refractivity contribution in [1.82, 2.24) is 14.8 Å². The Bertz CT molecular complexity index is 463.